The van der Waals surface area contributed by atoms with Crippen LogP contribution in [-0.4, -0.2) is 21.1 Å². The first-order chi connectivity index (χ1) is 13.0. The highest BCUT2D eigenvalue weighted by atomic mass is 32.1. The Bertz CT molecular complexity index is 1160. The lowest BCUT2D eigenvalue weighted by atomic mass is 10.1. The summed E-state index contributed by atoms with van der Waals surface area (Å²) in [6, 6.07) is 12.0. The quantitative estimate of drug-likeness (QED) is 0.537. The molecule has 7 heteroatoms. The summed E-state index contributed by atoms with van der Waals surface area (Å²) in [6.45, 7) is 1.81. The van der Waals surface area contributed by atoms with Crippen molar-refractivity contribution in [2.75, 3.05) is 5.32 Å². The molecule has 1 amide bonds. The Balaban J connectivity index is 1.55. The van der Waals surface area contributed by atoms with E-state index in [1.165, 1.54) is 35.6 Å². The van der Waals surface area contributed by atoms with Gasteiger partial charge < -0.3 is 5.32 Å². The highest BCUT2D eigenvalue weighted by Crippen LogP contribution is 2.21. The third-order valence-electron chi connectivity index (χ3n) is 4.14. The van der Waals surface area contributed by atoms with Crippen LogP contribution in [0.3, 0.4) is 0 Å². The van der Waals surface area contributed by atoms with E-state index in [0.29, 0.717) is 22.6 Å². The smallest absolute Gasteiger partial charge is 0.255 e. The number of imidazole rings is 1. The van der Waals surface area contributed by atoms with E-state index in [1.54, 1.807) is 35.6 Å². The molecule has 0 saturated heterocycles. The van der Waals surface area contributed by atoms with Crippen LogP contribution in [0.25, 0.3) is 4.96 Å². The number of hydrogen-bond donors (Lipinski definition) is 1. The summed E-state index contributed by atoms with van der Waals surface area (Å²) < 4.78 is 15.0. The van der Waals surface area contributed by atoms with Crippen molar-refractivity contribution in [2.24, 2.45) is 0 Å². The Morgan fingerprint density at radius 1 is 1.11 bits per heavy atom. The molecule has 5 nitrogen and oxygen atoms in total. The molecule has 0 atom stereocenters. The predicted octanol–water partition coefficient (Wildman–Crippen LogP) is 4.33. The maximum Gasteiger partial charge on any atom is 0.255 e. The van der Waals surface area contributed by atoms with Gasteiger partial charge in [0.1, 0.15) is 11.5 Å². The molecule has 0 spiro atoms. The molecule has 134 valence electrons. The van der Waals surface area contributed by atoms with Crippen molar-refractivity contribution in [2.45, 2.75) is 6.92 Å². The Kier molecular flexibility index (Phi) is 4.29. The normalized spacial score (nSPS) is 10.9. The van der Waals surface area contributed by atoms with Crippen molar-refractivity contribution in [1.82, 2.24) is 9.38 Å². The van der Waals surface area contributed by atoms with Crippen molar-refractivity contribution in [3.05, 3.63) is 88.4 Å². The van der Waals surface area contributed by atoms with Crippen LogP contribution in [0.15, 0.2) is 60.1 Å². The van der Waals surface area contributed by atoms with Gasteiger partial charge in [-0.2, -0.15) is 0 Å². The number of aryl methyl sites for hydroxylation is 1. The number of aromatic nitrogens is 2. The number of carbonyl (C=O) groups excluding carboxylic acids is 2. The number of rotatable bonds is 4. The number of nitrogens with one attached hydrogen (secondary N) is 1. The number of halogens is 1. The molecule has 0 aliphatic heterocycles. The number of nitrogens with zero attached hydrogens (tertiary/aromatic N) is 2. The van der Waals surface area contributed by atoms with Crippen LogP contribution in [0, 0.1) is 12.7 Å². The molecule has 1 N–H and O–H groups in total. The fourth-order valence-corrected chi connectivity index (χ4v) is 3.60. The van der Waals surface area contributed by atoms with E-state index in [2.05, 4.69) is 10.3 Å². The Labute approximate surface area is 158 Å². The molecule has 0 fully saturated rings. The van der Waals surface area contributed by atoms with Crippen molar-refractivity contribution < 1.29 is 14.0 Å². The third-order valence-corrected chi connectivity index (χ3v) is 4.90. The average molecular weight is 379 g/mol. The number of benzene rings is 2. The summed E-state index contributed by atoms with van der Waals surface area (Å²) in [7, 11) is 0. The maximum atomic E-state index is 13.2. The zero-order valence-corrected chi connectivity index (χ0v) is 15.1. The topological polar surface area (TPSA) is 63.5 Å². The number of thiazole rings is 1. The van der Waals surface area contributed by atoms with Crippen LogP contribution in [0.4, 0.5) is 10.1 Å². The number of hydrogen-bond acceptors (Lipinski definition) is 4. The van der Waals surface area contributed by atoms with Crippen LogP contribution in [0.5, 0.6) is 0 Å². The van der Waals surface area contributed by atoms with Crippen molar-refractivity contribution in [1.29, 1.82) is 0 Å². The molecular weight excluding hydrogens is 365 g/mol. The molecule has 4 aromatic rings. The van der Waals surface area contributed by atoms with Gasteiger partial charge in [0, 0.05) is 28.4 Å². The van der Waals surface area contributed by atoms with Crippen molar-refractivity contribution >= 4 is 33.7 Å². The van der Waals surface area contributed by atoms with E-state index >= 15 is 0 Å². The number of ketones is 1. The highest BCUT2D eigenvalue weighted by molar-refractivity contribution is 7.15. The molecule has 0 unspecified atom stereocenters. The fourth-order valence-electron chi connectivity index (χ4n) is 2.84. The van der Waals surface area contributed by atoms with Crippen molar-refractivity contribution in [3.8, 4) is 0 Å². The molecule has 27 heavy (non-hydrogen) atoms. The van der Waals surface area contributed by atoms with E-state index in [9.17, 15) is 14.0 Å². The van der Waals surface area contributed by atoms with Gasteiger partial charge in [0.2, 0.25) is 5.78 Å². The molecule has 0 radical (unpaired) electrons. The second-order valence-electron chi connectivity index (χ2n) is 5.97. The van der Waals surface area contributed by atoms with Gasteiger partial charge in [-0.15, -0.1) is 11.3 Å². The lowest BCUT2D eigenvalue weighted by Crippen LogP contribution is -2.12. The molecule has 0 saturated carbocycles. The summed E-state index contributed by atoms with van der Waals surface area (Å²) in [4.78, 5) is 30.2. The van der Waals surface area contributed by atoms with Crippen LogP contribution in [0.1, 0.15) is 32.1 Å². The highest BCUT2D eigenvalue weighted by Gasteiger charge is 2.19. The number of anilines is 1. The second-order valence-corrected chi connectivity index (χ2v) is 6.85. The zero-order valence-electron chi connectivity index (χ0n) is 14.3. The number of fused-ring (bicyclic) bond motifs is 1. The summed E-state index contributed by atoms with van der Waals surface area (Å²) in [5.74, 6) is -1.03. The molecule has 0 bridgehead atoms. The number of carbonyl (C=O) groups is 2. The van der Waals surface area contributed by atoms with E-state index in [0.717, 1.165) is 4.96 Å². The second kappa shape index (κ2) is 6.77. The minimum atomic E-state index is -0.473. The van der Waals surface area contributed by atoms with E-state index in [-0.39, 0.29) is 11.3 Å². The first-order valence-corrected chi connectivity index (χ1v) is 9.05. The van der Waals surface area contributed by atoms with E-state index in [1.807, 2.05) is 11.6 Å². The standard InChI is InChI=1S/C20H14FN3O2S/c1-12-17(24-9-10-27-20(24)22-12)18(25)13-5-7-16(8-6-13)23-19(26)14-3-2-4-15(21)11-14/h2-11H,1H3,(H,23,26). The van der Waals surface area contributed by atoms with Gasteiger partial charge in [0.25, 0.3) is 5.91 Å². The summed E-state index contributed by atoms with van der Waals surface area (Å²) in [6.07, 6.45) is 1.82. The summed E-state index contributed by atoms with van der Waals surface area (Å²) >= 11 is 1.47. The van der Waals surface area contributed by atoms with Gasteiger partial charge in [-0.1, -0.05) is 6.07 Å². The van der Waals surface area contributed by atoms with Gasteiger partial charge in [-0.3, -0.25) is 14.0 Å². The minimum absolute atomic E-state index is 0.138. The van der Waals surface area contributed by atoms with E-state index in [4.69, 9.17) is 0 Å². The van der Waals surface area contributed by atoms with Crippen LogP contribution in [0.2, 0.25) is 0 Å². The monoisotopic (exact) mass is 379 g/mol. The van der Waals surface area contributed by atoms with Crippen LogP contribution < -0.4 is 5.32 Å². The van der Waals surface area contributed by atoms with Gasteiger partial charge >= 0.3 is 0 Å². The molecule has 2 heterocycles. The fraction of sp³-hybridized carbons (Fsp3) is 0.0500. The molecular formula is C20H14FN3O2S. The lowest BCUT2D eigenvalue weighted by molar-refractivity contribution is 0.102. The van der Waals surface area contributed by atoms with Crippen molar-refractivity contribution in [3.63, 3.8) is 0 Å². The SMILES string of the molecule is Cc1nc2sccn2c1C(=O)c1ccc(NC(=O)c2cccc(F)c2)cc1. The largest absolute Gasteiger partial charge is 0.322 e. The Morgan fingerprint density at radius 2 is 1.89 bits per heavy atom. The maximum absolute atomic E-state index is 13.2. The van der Waals surface area contributed by atoms with Gasteiger partial charge in [0.05, 0.1) is 5.69 Å². The van der Waals surface area contributed by atoms with Gasteiger partial charge in [-0.25, -0.2) is 9.37 Å². The molecule has 0 aliphatic rings. The molecule has 2 aromatic carbocycles. The van der Waals surface area contributed by atoms with E-state index < -0.39 is 11.7 Å². The Hall–Kier alpha value is -3.32. The average Bonchev–Trinajstić information content (AvgIpc) is 3.21. The van der Waals surface area contributed by atoms with Gasteiger partial charge in [-0.05, 0) is 49.4 Å². The molecule has 4 rings (SSSR count). The van der Waals surface area contributed by atoms with Crippen LogP contribution >= 0.6 is 11.3 Å². The summed E-state index contributed by atoms with van der Waals surface area (Å²) in [5.41, 5.74) is 2.45. The van der Waals surface area contributed by atoms with Crippen LogP contribution in [-0.2, 0) is 0 Å². The zero-order chi connectivity index (χ0) is 19.0. The minimum Gasteiger partial charge on any atom is -0.322 e. The predicted molar refractivity (Wildman–Crippen MR) is 102 cm³/mol. The Morgan fingerprint density at radius 3 is 2.63 bits per heavy atom. The first kappa shape index (κ1) is 17.1. The lowest BCUT2D eigenvalue weighted by Gasteiger charge is -2.07. The first-order valence-electron chi connectivity index (χ1n) is 8.17. The summed E-state index contributed by atoms with van der Waals surface area (Å²) in [5, 5.41) is 4.57. The molecule has 0 aliphatic carbocycles. The third kappa shape index (κ3) is 3.24. The number of amides is 1. The molecule has 2 aromatic heterocycles. The van der Waals surface area contributed by atoms with Gasteiger partial charge in [0.15, 0.2) is 4.96 Å².